The Morgan fingerprint density at radius 3 is 1.80 bits per heavy atom. The Hall–Kier alpha value is -7.37. The number of benzene rings is 8. The second-order valence-corrected chi connectivity index (χ2v) is 13.6. The van der Waals surface area contributed by atoms with Gasteiger partial charge in [-0.1, -0.05) is 140 Å². The van der Waals surface area contributed by atoms with Crippen molar-refractivity contribution < 1.29 is 4.42 Å². The van der Waals surface area contributed by atoms with Gasteiger partial charge in [0.1, 0.15) is 11.2 Å². The zero-order chi connectivity index (χ0) is 35.6. The Kier molecular flexibility index (Phi) is 6.79. The molecule has 0 N–H and O–H groups in total. The summed E-state index contributed by atoms with van der Waals surface area (Å²) < 4.78 is 8.65. The van der Waals surface area contributed by atoms with Crippen LogP contribution in [0, 0.1) is 0 Å². The predicted molar refractivity (Wildman–Crippen MR) is 221 cm³/mol. The van der Waals surface area contributed by atoms with Crippen molar-refractivity contribution in [3.8, 4) is 51.0 Å². The van der Waals surface area contributed by atoms with Crippen molar-refractivity contribution >= 4 is 54.5 Å². The first-order valence-electron chi connectivity index (χ1n) is 18.1. The van der Waals surface area contributed by atoms with E-state index in [9.17, 15) is 0 Å². The van der Waals surface area contributed by atoms with E-state index in [1.54, 1.807) is 0 Å². The highest BCUT2D eigenvalue weighted by Crippen LogP contribution is 2.38. The number of rotatable bonds is 5. The number of hydrogen-bond acceptors (Lipinski definition) is 4. The molecule has 5 heteroatoms. The molecule has 11 aromatic rings. The number of fused-ring (bicyclic) bond motifs is 8. The molecule has 0 aliphatic carbocycles. The van der Waals surface area contributed by atoms with Crippen LogP contribution in [0.3, 0.4) is 0 Å². The Bertz CT molecular complexity index is 3230. The summed E-state index contributed by atoms with van der Waals surface area (Å²) >= 11 is 0. The van der Waals surface area contributed by atoms with Crippen LogP contribution >= 0.6 is 0 Å². The van der Waals surface area contributed by atoms with Crippen LogP contribution in [0.5, 0.6) is 0 Å². The van der Waals surface area contributed by atoms with Crippen LogP contribution in [0.2, 0.25) is 0 Å². The number of furan rings is 1. The number of aromatic nitrogens is 4. The van der Waals surface area contributed by atoms with Gasteiger partial charge < -0.3 is 8.98 Å². The minimum atomic E-state index is 0.590. The topological polar surface area (TPSA) is 56.7 Å². The maximum Gasteiger partial charge on any atom is 0.164 e. The molecular formula is C49H30N4O. The highest BCUT2D eigenvalue weighted by atomic mass is 16.3. The third-order valence-corrected chi connectivity index (χ3v) is 10.4. The lowest BCUT2D eigenvalue weighted by Crippen LogP contribution is -2.00. The molecule has 0 unspecified atom stereocenters. The van der Waals surface area contributed by atoms with Crippen molar-refractivity contribution in [2.75, 3.05) is 0 Å². The van der Waals surface area contributed by atoms with Gasteiger partial charge in [-0.2, -0.15) is 0 Å². The molecule has 3 aromatic heterocycles. The molecule has 8 aromatic carbocycles. The minimum absolute atomic E-state index is 0.590. The Labute approximate surface area is 310 Å². The SMILES string of the molecule is c1ccc(-c2nc(-c3cccc(-c4cccc(-n5c6ccccc6c6ccc7ccccc7c65)c4)c3)nc(-c3ccc4c(c3)oc3ccccc34)n2)cc1. The van der Waals surface area contributed by atoms with Crippen LogP contribution in [0.1, 0.15) is 0 Å². The lowest BCUT2D eigenvalue weighted by Gasteiger charge is -2.13. The minimum Gasteiger partial charge on any atom is -0.456 e. The van der Waals surface area contributed by atoms with Crippen molar-refractivity contribution in [1.29, 1.82) is 0 Å². The summed E-state index contributed by atoms with van der Waals surface area (Å²) in [4.78, 5) is 15.1. The van der Waals surface area contributed by atoms with Crippen LogP contribution in [0.25, 0.3) is 105 Å². The molecule has 252 valence electrons. The fraction of sp³-hybridized carbons (Fsp3) is 0. The molecule has 3 heterocycles. The molecule has 0 amide bonds. The molecule has 0 aliphatic heterocycles. The molecule has 0 aliphatic rings. The number of para-hydroxylation sites is 2. The first-order valence-corrected chi connectivity index (χ1v) is 18.1. The molecule has 11 rings (SSSR count). The van der Waals surface area contributed by atoms with Crippen LogP contribution in [0.4, 0.5) is 0 Å². The van der Waals surface area contributed by atoms with Crippen LogP contribution in [-0.2, 0) is 0 Å². The predicted octanol–water partition coefficient (Wildman–Crippen LogP) is 12.7. The third kappa shape index (κ3) is 4.90. The zero-order valence-electron chi connectivity index (χ0n) is 29.0. The lowest BCUT2D eigenvalue weighted by molar-refractivity contribution is 0.669. The van der Waals surface area contributed by atoms with Crippen molar-refractivity contribution in [2.45, 2.75) is 0 Å². The summed E-state index contributed by atoms with van der Waals surface area (Å²) in [6.07, 6.45) is 0. The summed E-state index contributed by atoms with van der Waals surface area (Å²) in [6.45, 7) is 0. The third-order valence-electron chi connectivity index (χ3n) is 10.4. The molecule has 0 saturated heterocycles. The Morgan fingerprint density at radius 1 is 0.352 bits per heavy atom. The molecule has 0 atom stereocenters. The van der Waals surface area contributed by atoms with Gasteiger partial charge in [-0.15, -0.1) is 0 Å². The molecule has 0 spiro atoms. The summed E-state index contributed by atoms with van der Waals surface area (Å²) in [7, 11) is 0. The van der Waals surface area contributed by atoms with E-state index in [0.29, 0.717) is 17.5 Å². The van der Waals surface area contributed by atoms with Crippen molar-refractivity contribution in [3.63, 3.8) is 0 Å². The molecular weight excluding hydrogens is 661 g/mol. The van der Waals surface area contributed by atoms with Gasteiger partial charge in [-0.05, 0) is 59.0 Å². The highest BCUT2D eigenvalue weighted by Gasteiger charge is 2.17. The normalized spacial score (nSPS) is 11.7. The Morgan fingerprint density at radius 2 is 0.944 bits per heavy atom. The highest BCUT2D eigenvalue weighted by molar-refractivity contribution is 6.18. The van der Waals surface area contributed by atoms with Crippen LogP contribution in [-0.4, -0.2) is 19.5 Å². The summed E-state index contributed by atoms with van der Waals surface area (Å²) in [5.41, 5.74) is 10.0. The average molecular weight is 691 g/mol. The maximum atomic E-state index is 6.24. The van der Waals surface area contributed by atoms with Gasteiger partial charge in [0.25, 0.3) is 0 Å². The van der Waals surface area contributed by atoms with E-state index in [4.69, 9.17) is 19.4 Å². The van der Waals surface area contributed by atoms with E-state index in [1.165, 1.54) is 32.6 Å². The van der Waals surface area contributed by atoms with Gasteiger partial charge in [-0.25, -0.2) is 15.0 Å². The summed E-state index contributed by atoms with van der Waals surface area (Å²) in [5, 5.41) is 7.10. The molecule has 0 radical (unpaired) electrons. The van der Waals surface area contributed by atoms with E-state index < -0.39 is 0 Å². The molecule has 0 saturated carbocycles. The fourth-order valence-corrected chi connectivity index (χ4v) is 7.88. The Balaban J connectivity index is 1.05. The summed E-state index contributed by atoms with van der Waals surface area (Å²) in [5.74, 6) is 1.81. The van der Waals surface area contributed by atoms with E-state index in [-0.39, 0.29) is 0 Å². The second-order valence-electron chi connectivity index (χ2n) is 13.6. The molecule has 0 fully saturated rings. The molecule has 54 heavy (non-hydrogen) atoms. The fourth-order valence-electron chi connectivity index (χ4n) is 7.88. The molecule has 5 nitrogen and oxygen atoms in total. The van der Waals surface area contributed by atoms with Gasteiger partial charge >= 0.3 is 0 Å². The summed E-state index contributed by atoms with van der Waals surface area (Å²) in [6, 6.07) is 63.5. The molecule has 0 bridgehead atoms. The van der Waals surface area contributed by atoms with E-state index in [1.807, 2.05) is 54.6 Å². The van der Waals surface area contributed by atoms with Crippen molar-refractivity contribution in [2.24, 2.45) is 0 Å². The van der Waals surface area contributed by atoms with Crippen molar-refractivity contribution in [1.82, 2.24) is 19.5 Å². The van der Waals surface area contributed by atoms with E-state index in [2.05, 4.69) is 132 Å². The monoisotopic (exact) mass is 690 g/mol. The average Bonchev–Trinajstić information content (AvgIpc) is 3.80. The van der Waals surface area contributed by atoms with Crippen LogP contribution < -0.4 is 0 Å². The lowest BCUT2D eigenvalue weighted by atomic mass is 10.0. The quantitative estimate of drug-likeness (QED) is 0.180. The largest absolute Gasteiger partial charge is 0.456 e. The zero-order valence-corrected chi connectivity index (χ0v) is 29.0. The van der Waals surface area contributed by atoms with E-state index in [0.717, 1.165) is 55.4 Å². The first-order chi connectivity index (χ1) is 26.7. The van der Waals surface area contributed by atoms with Gasteiger partial charge in [0, 0.05) is 49.3 Å². The number of nitrogens with zero attached hydrogens (tertiary/aromatic N) is 4. The standard InChI is InChI=1S/C49H30N4O/c1-2-13-32(14-3-1)47-50-48(52-49(51-47)36-25-26-41-40-21-7-9-23-44(40)54-45(41)30-36)35-17-10-15-33(28-35)34-16-11-18-37(29-34)53-43-22-8-6-20-39(43)42-27-24-31-12-4-5-19-38(31)46(42)53/h1-30H. The smallest absolute Gasteiger partial charge is 0.164 e. The van der Waals surface area contributed by atoms with Gasteiger partial charge in [-0.3, -0.25) is 0 Å². The second kappa shape index (κ2) is 12.1. The van der Waals surface area contributed by atoms with E-state index >= 15 is 0 Å². The van der Waals surface area contributed by atoms with Crippen LogP contribution in [0.15, 0.2) is 186 Å². The maximum absolute atomic E-state index is 6.24. The first kappa shape index (κ1) is 30.3. The van der Waals surface area contributed by atoms with Gasteiger partial charge in [0.2, 0.25) is 0 Å². The van der Waals surface area contributed by atoms with Crippen molar-refractivity contribution in [3.05, 3.63) is 182 Å². The number of hydrogen-bond donors (Lipinski definition) is 0. The van der Waals surface area contributed by atoms with Gasteiger partial charge in [0.05, 0.1) is 11.0 Å². The van der Waals surface area contributed by atoms with Gasteiger partial charge in [0.15, 0.2) is 17.5 Å².